The molecule has 7 rings (SSSR count). The Morgan fingerprint density at radius 1 is 1.06 bits per heavy atom. The summed E-state index contributed by atoms with van der Waals surface area (Å²) in [5, 5.41) is 11.8. The Bertz CT molecular complexity index is 1020. The minimum Gasteiger partial charge on any atom is -0.490 e. The van der Waals surface area contributed by atoms with Gasteiger partial charge < -0.3 is 24.4 Å². The number of anilines is 1. The SMILES string of the molecule is Cc1cc(C(=O)NC2C3CC2C3)nnc1N1CCC(Oc2ccc3c(c2)OCCO3)CC1. The van der Waals surface area contributed by atoms with Crippen molar-refractivity contribution in [1.29, 1.82) is 0 Å². The molecule has 2 bridgehead atoms. The first kappa shape index (κ1) is 19.6. The molecule has 3 saturated carbocycles. The van der Waals surface area contributed by atoms with Crippen molar-refractivity contribution < 1.29 is 19.0 Å². The number of carbonyl (C=O) groups excluding carboxylic acids is 1. The van der Waals surface area contributed by atoms with Crippen LogP contribution in [0.5, 0.6) is 17.2 Å². The van der Waals surface area contributed by atoms with Gasteiger partial charge in [-0.2, -0.15) is 0 Å². The number of aryl methyl sites for hydroxylation is 1. The number of fused-ring (bicyclic) bond motifs is 1. The highest BCUT2D eigenvalue weighted by atomic mass is 16.6. The number of nitrogens with zero attached hydrogens (tertiary/aromatic N) is 3. The molecule has 0 spiro atoms. The van der Waals surface area contributed by atoms with Crippen molar-refractivity contribution >= 4 is 11.7 Å². The molecule has 3 heterocycles. The number of hydrogen-bond donors (Lipinski definition) is 1. The Labute approximate surface area is 187 Å². The van der Waals surface area contributed by atoms with Gasteiger partial charge in [0, 0.05) is 38.0 Å². The van der Waals surface area contributed by atoms with E-state index in [-0.39, 0.29) is 12.0 Å². The lowest BCUT2D eigenvalue weighted by Gasteiger charge is -2.58. The molecule has 32 heavy (non-hydrogen) atoms. The average Bonchev–Trinajstić information content (AvgIpc) is 2.76. The van der Waals surface area contributed by atoms with Crippen LogP contribution in [-0.4, -0.2) is 54.6 Å². The van der Waals surface area contributed by atoms with Crippen molar-refractivity contribution in [3.05, 3.63) is 35.5 Å². The van der Waals surface area contributed by atoms with Gasteiger partial charge in [-0.05, 0) is 55.4 Å². The van der Waals surface area contributed by atoms with Gasteiger partial charge in [0.2, 0.25) is 0 Å². The molecule has 8 heteroatoms. The third-order valence-corrected chi connectivity index (χ3v) is 7.27. The largest absolute Gasteiger partial charge is 0.490 e. The first-order valence-corrected chi connectivity index (χ1v) is 11.6. The molecule has 1 aromatic heterocycles. The van der Waals surface area contributed by atoms with Crippen LogP contribution >= 0.6 is 0 Å². The number of aromatic nitrogens is 2. The number of rotatable bonds is 5. The van der Waals surface area contributed by atoms with Crippen LogP contribution in [0.15, 0.2) is 24.3 Å². The summed E-state index contributed by atoms with van der Waals surface area (Å²) in [5.74, 6) is 4.45. The highest BCUT2D eigenvalue weighted by molar-refractivity contribution is 5.93. The highest BCUT2D eigenvalue weighted by Crippen LogP contribution is 2.53. The van der Waals surface area contributed by atoms with Crippen molar-refractivity contribution in [2.75, 3.05) is 31.2 Å². The fourth-order valence-corrected chi connectivity index (χ4v) is 5.13. The van der Waals surface area contributed by atoms with Crippen LogP contribution in [0.4, 0.5) is 5.82 Å². The average molecular weight is 437 g/mol. The number of ether oxygens (including phenoxy) is 3. The third kappa shape index (κ3) is 3.51. The van der Waals surface area contributed by atoms with E-state index in [1.54, 1.807) is 0 Å². The van der Waals surface area contributed by atoms with Crippen LogP contribution in [-0.2, 0) is 0 Å². The topological polar surface area (TPSA) is 85.8 Å². The summed E-state index contributed by atoms with van der Waals surface area (Å²) in [6.07, 6.45) is 4.46. The Hall–Kier alpha value is -3.03. The quantitative estimate of drug-likeness (QED) is 0.771. The van der Waals surface area contributed by atoms with Crippen molar-refractivity contribution in [3.63, 3.8) is 0 Å². The predicted molar refractivity (Wildman–Crippen MR) is 118 cm³/mol. The van der Waals surface area contributed by atoms with Crippen molar-refractivity contribution in [1.82, 2.24) is 15.5 Å². The van der Waals surface area contributed by atoms with Crippen LogP contribution in [0.25, 0.3) is 0 Å². The maximum atomic E-state index is 12.5. The lowest BCUT2D eigenvalue weighted by molar-refractivity contribution is -0.0367. The standard InChI is InChI=1S/C24H28N4O4/c1-14-10-19(24(29)25-22-15-11-16(22)12-15)26-27-23(14)28-6-4-17(5-7-28)32-18-2-3-20-21(13-18)31-9-8-30-20/h2-3,10,13,15-17,22H,4-9,11-12H2,1H3,(H,25,29). The molecule has 2 aromatic rings. The van der Waals surface area contributed by atoms with Crippen molar-refractivity contribution in [3.8, 4) is 17.2 Å². The van der Waals surface area contributed by atoms with E-state index in [4.69, 9.17) is 14.2 Å². The molecular weight excluding hydrogens is 408 g/mol. The fourth-order valence-electron chi connectivity index (χ4n) is 5.13. The van der Waals surface area contributed by atoms with Gasteiger partial charge in [-0.1, -0.05) is 0 Å². The molecule has 1 N–H and O–H groups in total. The number of piperidine rings is 1. The Balaban J connectivity index is 1.05. The zero-order valence-corrected chi connectivity index (χ0v) is 18.3. The van der Waals surface area contributed by atoms with E-state index in [1.165, 1.54) is 12.8 Å². The number of carbonyl (C=O) groups is 1. The fraction of sp³-hybridized carbons (Fsp3) is 0.542. The molecule has 1 aromatic carbocycles. The molecule has 8 nitrogen and oxygen atoms in total. The summed E-state index contributed by atoms with van der Waals surface area (Å²) in [6.45, 7) is 4.82. The predicted octanol–water partition coefficient (Wildman–Crippen LogP) is 2.74. The van der Waals surface area contributed by atoms with E-state index in [0.717, 1.165) is 54.6 Å². The molecule has 0 radical (unpaired) electrons. The normalized spacial score (nSPS) is 26.0. The molecule has 5 aliphatic rings. The molecule has 1 amide bonds. The Kier molecular flexibility index (Phi) is 4.81. The Morgan fingerprint density at radius 3 is 2.50 bits per heavy atom. The highest BCUT2D eigenvalue weighted by Gasteiger charge is 2.53. The van der Waals surface area contributed by atoms with E-state index >= 15 is 0 Å². The monoisotopic (exact) mass is 436 g/mol. The lowest BCUT2D eigenvalue weighted by atomic mass is 9.52. The molecule has 1 saturated heterocycles. The summed E-state index contributed by atoms with van der Waals surface area (Å²) in [7, 11) is 0. The van der Waals surface area contributed by atoms with Crippen LogP contribution in [0.3, 0.4) is 0 Å². The minimum absolute atomic E-state index is 0.0990. The second-order valence-corrected chi connectivity index (χ2v) is 9.34. The van der Waals surface area contributed by atoms with E-state index < -0.39 is 0 Å². The van der Waals surface area contributed by atoms with Crippen LogP contribution in [0.2, 0.25) is 0 Å². The molecule has 0 unspecified atom stereocenters. The van der Waals surface area contributed by atoms with E-state index in [0.29, 0.717) is 36.8 Å². The van der Waals surface area contributed by atoms with Gasteiger partial charge in [-0.15, -0.1) is 10.2 Å². The number of amides is 1. The van der Waals surface area contributed by atoms with Gasteiger partial charge >= 0.3 is 0 Å². The molecule has 0 atom stereocenters. The maximum absolute atomic E-state index is 12.5. The first-order valence-electron chi connectivity index (χ1n) is 11.6. The van der Waals surface area contributed by atoms with Gasteiger partial charge in [0.25, 0.3) is 5.91 Å². The summed E-state index contributed by atoms with van der Waals surface area (Å²) >= 11 is 0. The Morgan fingerprint density at radius 2 is 1.81 bits per heavy atom. The second kappa shape index (κ2) is 7.83. The summed E-state index contributed by atoms with van der Waals surface area (Å²) < 4.78 is 17.4. The minimum atomic E-state index is -0.0990. The van der Waals surface area contributed by atoms with Crippen molar-refractivity contribution in [2.24, 2.45) is 11.8 Å². The van der Waals surface area contributed by atoms with Gasteiger partial charge in [-0.3, -0.25) is 4.79 Å². The third-order valence-electron chi connectivity index (χ3n) is 7.27. The van der Waals surface area contributed by atoms with Gasteiger partial charge in [-0.25, -0.2) is 0 Å². The lowest BCUT2D eigenvalue weighted by Crippen LogP contribution is -2.63. The number of nitrogens with one attached hydrogen (secondary N) is 1. The second-order valence-electron chi connectivity index (χ2n) is 9.34. The summed E-state index contributed by atoms with van der Waals surface area (Å²) in [5.41, 5.74) is 1.39. The number of benzene rings is 1. The van der Waals surface area contributed by atoms with E-state index in [1.807, 2.05) is 31.2 Å². The smallest absolute Gasteiger partial charge is 0.272 e. The molecule has 4 fully saturated rings. The van der Waals surface area contributed by atoms with Crippen LogP contribution in [0.1, 0.15) is 41.7 Å². The van der Waals surface area contributed by atoms with Gasteiger partial charge in [0.05, 0.1) is 0 Å². The molecular formula is C24H28N4O4. The zero-order chi connectivity index (χ0) is 21.7. The molecule has 2 aliphatic heterocycles. The number of hydrogen-bond acceptors (Lipinski definition) is 7. The van der Waals surface area contributed by atoms with Crippen LogP contribution < -0.4 is 24.4 Å². The van der Waals surface area contributed by atoms with Crippen molar-refractivity contribution in [2.45, 2.75) is 44.8 Å². The van der Waals surface area contributed by atoms with Crippen LogP contribution in [0, 0.1) is 18.8 Å². The summed E-state index contributed by atoms with van der Waals surface area (Å²) in [6, 6.07) is 7.97. The first-order chi connectivity index (χ1) is 15.6. The summed E-state index contributed by atoms with van der Waals surface area (Å²) in [4.78, 5) is 14.7. The zero-order valence-electron chi connectivity index (χ0n) is 18.3. The van der Waals surface area contributed by atoms with E-state index in [9.17, 15) is 4.79 Å². The maximum Gasteiger partial charge on any atom is 0.272 e. The van der Waals surface area contributed by atoms with E-state index in [2.05, 4.69) is 20.4 Å². The van der Waals surface area contributed by atoms with Gasteiger partial charge in [0.15, 0.2) is 23.0 Å². The van der Waals surface area contributed by atoms with Gasteiger partial charge in [0.1, 0.15) is 25.1 Å². The molecule has 3 aliphatic carbocycles. The molecule has 168 valence electrons.